The summed E-state index contributed by atoms with van der Waals surface area (Å²) in [6.45, 7) is 5.03. The zero-order valence-electron chi connectivity index (χ0n) is 17.7. The van der Waals surface area contributed by atoms with Crippen LogP contribution in [0.5, 0.6) is 5.75 Å². The topological polar surface area (TPSA) is 158 Å². The van der Waals surface area contributed by atoms with Gasteiger partial charge in [0.05, 0.1) is 13.2 Å². The highest BCUT2D eigenvalue weighted by Crippen LogP contribution is 2.31. The number of aliphatic hydroxyl groups excluding tert-OH is 6. The highest BCUT2D eigenvalue weighted by Gasteiger charge is 2.49. The maximum Gasteiger partial charge on any atom is 0.229 e. The summed E-state index contributed by atoms with van der Waals surface area (Å²) in [7, 11) is 0. The molecule has 2 aliphatic heterocycles. The number of aryl methyl sites for hydroxylation is 1. The molecular weight excluding hydrogens is 412 g/mol. The van der Waals surface area contributed by atoms with Crippen LogP contribution < -0.4 is 4.74 Å². The van der Waals surface area contributed by atoms with Gasteiger partial charge in [0, 0.05) is 0 Å². The monoisotopic (exact) mass is 444 g/mol. The number of hydrogen-bond donors (Lipinski definition) is 6. The summed E-state index contributed by atoms with van der Waals surface area (Å²) in [6.07, 6.45) is -12.6. The Morgan fingerprint density at radius 3 is 2.35 bits per heavy atom. The van der Waals surface area contributed by atoms with Crippen LogP contribution in [-0.4, -0.2) is 99.2 Å². The van der Waals surface area contributed by atoms with Crippen LogP contribution in [0.15, 0.2) is 18.2 Å². The van der Waals surface area contributed by atoms with Crippen molar-refractivity contribution in [1.29, 1.82) is 0 Å². The van der Waals surface area contributed by atoms with Gasteiger partial charge < -0.3 is 49.6 Å². The summed E-state index contributed by atoms with van der Waals surface area (Å²) in [5, 5.41) is 60.2. The Labute approximate surface area is 180 Å². The zero-order valence-corrected chi connectivity index (χ0v) is 17.7. The summed E-state index contributed by atoms with van der Waals surface area (Å²) in [6, 6.07) is 5.68. The first-order valence-electron chi connectivity index (χ1n) is 10.3. The van der Waals surface area contributed by atoms with E-state index in [0.717, 1.165) is 11.1 Å². The maximum atomic E-state index is 10.6. The molecule has 1 aromatic carbocycles. The van der Waals surface area contributed by atoms with Gasteiger partial charge in [0.15, 0.2) is 12.4 Å². The fourth-order valence-electron chi connectivity index (χ4n) is 3.58. The van der Waals surface area contributed by atoms with Crippen LogP contribution in [0.25, 0.3) is 0 Å². The third kappa shape index (κ3) is 5.19. The van der Waals surface area contributed by atoms with Gasteiger partial charge in [-0.05, 0) is 30.0 Å². The van der Waals surface area contributed by atoms with Gasteiger partial charge in [0.2, 0.25) is 6.29 Å². The minimum atomic E-state index is -1.60. The van der Waals surface area contributed by atoms with E-state index in [1.807, 2.05) is 39.0 Å². The molecule has 10 nitrogen and oxygen atoms in total. The highest BCUT2D eigenvalue weighted by molar-refractivity contribution is 5.38. The molecule has 2 heterocycles. The number of rotatable bonds is 6. The second kappa shape index (κ2) is 10.1. The van der Waals surface area contributed by atoms with Crippen molar-refractivity contribution in [3.63, 3.8) is 0 Å². The maximum absolute atomic E-state index is 10.6. The molecule has 9 atom stereocenters. The number of benzene rings is 1. The fourth-order valence-corrected chi connectivity index (χ4v) is 3.58. The quantitative estimate of drug-likeness (QED) is 0.313. The summed E-state index contributed by atoms with van der Waals surface area (Å²) < 4.78 is 22.6. The van der Waals surface area contributed by atoms with Crippen LogP contribution in [-0.2, 0) is 14.2 Å². The van der Waals surface area contributed by atoms with Crippen molar-refractivity contribution in [2.75, 3.05) is 13.2 Å². The van der Waals surface area contributed by atoms with Crippen LogP contribution in [0.1, 0.15) is 30.9 Å². The zero-order chi connectivity index (χ0) is 22.9. The first kappa shape index (κ1) is 24.3. The van der Waals surface area contributed by atoms with E-state index in [0.29, 0.717) is 5.75 Å². The molecule has 0 bridgehead atoms. The van der Waals surface area contributed by atoms with Gasteiger partial charge >= 0.3 is 0 Å². The lowest BCUT2D eigenvalue weighted by molar-refractivity contribution is -0.345. The average molecular weight is 444 g/mol. The molecule has 0 amide bonds. The molecule has 2 aliphatic rings. The summed E-state index contributed by atoms with van der Waals surface area (Å²) >= 11 is 0. The molecule has 6 N–H and O–H groups in total. The minimum absolute atomic E-state index is 0.235. The van der Waals surface area contributed by atoms with E-state index >= 15 is 0 Å². The molecule has 0 unspecified atom stereocenters. The number of aliphatic hydroxyl groups is 6. The Morgan fingerprint density at radius 2 is 1.71 bits per heavy atom. The Kier molecular flexibility index (Phi) is 7.90. The molecule has 0 spiro atoms. The van der Waals surface area contributed by atoms with E-state index in [1.54, 1.807) is 0 Å². The predicted octanol–water partition coefficient (Wildman–Crippen LogP) is -1.24. The van der Waals surface area contributed by atoms with E-state index in [1.165, 1.54) is 0 Å². The van der Waals surface area contributed by atoms with Gasteiger partial charge in [-0.1, -0.05) is 26.0 Å². The largest absolute Gasteiger partial charge is 0.462 e. The van der Waals surface area contributed by atoms with Crippen molar-refractivity contribution in [3.05, 3.63) is 29.3 Å². The van der Waals surface area contributed by atoms with Crippen molar-refractivity contribution in [3.8, 4) is 5.75 Å². The van der Waals surface area contributed by atoms with E-state index < -0.39 is 61.9 Å². The predicted molar refractivity (Wildman–Crippen MR) is 106 cm³/mol. The van der Waals surface area contributed by atoms with Crippen molar-refractivity contribution >= 4 is 0 Å². The highest BCUT2D eigenvalue weighted by atomic mass is 16.8. The third-order valence-corrected chi connectivity index (χ3v) is 5.69. The van der Waals surface area contributed by atoms with Crippen LogP contribution in [0, 0.1) is 6.92 Å². The van der Waals surface area contributed by atoms with Gasteiger partial charge in [-0.25, -0.2) is 0 Å². The number of hydrogen-bond acceptors (Lipinski definition) is 10. The normalized spacial score (nSPS) is 39.0. The van der Waals surface area contributed by atoms with Crippen LogP contribution in [0.2, 0.25) is 0 Å². The number of ether oxygens (including phenoxy) is 4. The Balaban J connectivity index is 1.85. The molecule has 176 valence electrons. The molecular formula is C21H32O10. The standard InChI is InChI=1S/C21H32O10/c1-9(2)11-5-4-10(3)13(6-11)29-21-19(17(26)16(25)14(7-22)30-21)31-20-18(27)15(24)12(23)8-28-20/h4-6,9,12,14-27H,7-8H2,1-3H3/t12-,14+,15+,16+,17-,18-,19+,20+,21+/m1/s1. The first-order chi connectivity index (χ1) is 14.6. The Hall–Kier alpha value is -1.34. The fraction of sp³-hybridized carbons (Fsp3) is 0.714. The minimum Gasteiger partial charge on any atom is -0.462 e. The molecule has 0 aliphatic carbocycles. The van der Waals surface area contributed by atoms with Crippen LogP contribution >= 0.6 is 0 Å². The smallest absolute Gasteiger partial charge is 0.229 e. The van der Waals surface area contributed by atoms with Gasteiger partial charge in [-0.3, -0.25) is 0 Å². The lowest BCUT2D eigenvalue weighted by Gasteiger charge is -2.44. The summed E-state index contributed by atoms with van der Waals surface area (Å²) in [5.74, 6) is 0.698. The molecule has 3 rings (SSSR count). The van der Waals surface area contributed by atoms with E-state index in [9.17, 15) is 30.6 Å². The second-order valence-corrected chi connectivity index (χ2v) is 8.36. The van der Waals surface area contributed by atoms with E-state index in [2.05, 4.69) is 0 Å². The van der Waals surface area contributed by atoms with E-state index in [4.69, 9.17) is 18.9 Å². The molecule has 0 saturated carbocycles. The molecule has 1 aromatic rings. The molecule has 10 heteroatoms. The lowest BCUT2D eigenvalue weighted by Crippen LogP contribution is -2.63. The van der Waals surface area contributed by atoms with Gasteiger partial charge in [0.25, 0.3) is 0 Å². The van der Waals surface area contributed by atoms with Gasteiger partial charge in [-0.15, -0.1) is 0 Å². The van der Waals surface area contributed by atoms with Gasteiger partial charge in [0.1, 0.15) is 42.4 Å². The second-order valence-electron chi connectivity index (χ2n) is 8.36. The van der Waals surface area contributed by atoms with Crippen LogP contribution in [0.4, 0.5) is 0 Å². The Morgan fingerprint density at radius 1 is 1.00 bits per heavy atom. The van der Waals surface area contributed by atoms with Crippen molar-refractivity contribution in [1.82, 2.24) is 0 Å². The summed E-state index contributed by atoms with van der Waals surface area (Å²) in [4.78, 5) is 0. The Bertz CT molecular complexity index is 728. The molecule has 0 aromatic heterocycles. The SMILES string of the molecule is Cc1ccc(C(C)C)cc1O[C@H]1O[C@@H](CO)[C@H](O)[C@@H](O)[C@@H]1O[C@@H]1OC[C@@H](O)[C@H](O)[C@H]1O. The van der Waals surface area contributed by atoms with Crippen molar-refractivity contribution in [2.45, 2.75) is 82.0 Å². The van der Waals surface area contributed by atoms with Gasteiger partial charge in [-0.2, -0.15) is 0 Å². The molecule has 2 fully saturated rings. The lowest BCUT2D eigenvalue weighted by atomic mass is 9.98. The average Bonchev–Trinajstić information content (AvgIpc) is 2.74. The molecule has 2 saturated heterocycles. The van der Waals surface area contributed by atoms with Crippen LogP contribution in [0.3, 0.4) is 0 Å². The first-order valence-corrected chi connectivity index (χ1v) is 10.3. The third-order valence-electron chi connectivity index (χ3n) is 5.69. The molecule has 31 heavy (non-hydrogen) atoms. The van der Waals surface area contributed by atoms with E-state index in [-0.39, 0.29) is 12.5 Å². The van der Waals surface area contributed by atoms with Crippen molar-refractivity contribution < 1.29 is 49.6 Å². The van der Waals surface area contributed by atoms with Crippen molar-refractivity contribution in [2.24, 2.45) is 0 Å². The molecule has 0 radical (unpaired) electrons. The summed E-state index contributed by atoms with van der Waals surface area (Å²) in [5.41, 5.74) is 1.80.